The summed E-state index contributed by atoms with van der Waals surface area (Å²) >= 11 is 1.29. The van der Waals surface area contributed by atoms with Gasteiger partial charge >= 0.3 is 0 Å². The predicted molar refractivity (Wildman–Crippen MR) is 112 cm³/mol. The standard InChI is InChI=1S/C20H19FN4O3S2/c21-15-6-8-16(9-7-15)30(27,28)25-11-3-4-14(12-25)19(26)24-20-23-18(13-29-20)17-5-1-2-10-22-17/h1-2,5-10,13-14H,3-4,11-12H2,(H,23,24,26)/t14-/m0/s1. The molecule has 1 amide bonds. The number of anilines is 1. The summed E-state index contributed by atoms with van der Waals surface area (Å²) in [6.07, 6.45) is 2.82. The van der Waals surface area contributed by atoms with Gasteiger partial charge in [-0.3, -0.25) is 9.78 Å². The molecular formula is C20H19FN4O3S2. The van der Waals surface area contributed by atoms with Crippen LogP contribution in [0.5, 0.6) is 0 Å². The fourth-order valence-electron chi connectivity index (χ4n) is 3.30. The lowest BCUT2D eigenvalue weighted by Crippen LogP contribution is -2.43. The monoisotopic (exact) mass is 446 g/mol. The number of carbonyl (C=O) groups is 1. The van der Waals surface area contributed by atoms with E-state index < -0.39 is 21.8 Å². The normalized spacial score (nSPS) is 17.6. The summed E-state index contributed by atoms with van der Waals surface area (Å²) in [4.78, 5) is 21.4. The van der Waals surface area contributed by atoms with Crippen LogP contribution in [0.15, 0.2) is 58.9 Å². The number of piperidine rings is 1. The molecule has 3 heterocycles. The molecule has 0 aliphatic carbocycles. The number of rotatable bonds is 5. The molecule has 30 heavy (non-hydrogen) atoms. The summed E-state index contributed by atoms with van der Waals surface area (Å²) in [6, 6.07) is 10.2. The smallest absolute Gasteiger partial charge is 0.243 e. The Morgan fingerprint density at radius 2 is 1.97 bits per heavy atom. The Kier molecular flexibility index (Phi) is 5.89. The molecule has 1 fully saturated rings. The lowest BCUT2D eigenvalue weighted by Gasteiger charge is -2.31. The fraction of sp³-hybridized carbons (Fsp3) is 0.250. The number of benzene rings is 1. The highest BCUT2D eigenvalue weighted by Crippen LogP contribution is 2.27. The Hall–Kier alpha value is -2.69. The van der Waals surface area contributed by atoms with E-state index in [0.29, 0.717) is 35.9 Å². The van der Waals surface area contributed by atoms with Crippen molar-refractivity contribution < 1.29 is 17.6 Å². The molecule has 0 unspecified atom stereocenters. The second-order valence-electron chi connectivity index (χ2n) is 6.90. The molecule has 1 N–H and O–H groups in total. The van der Waals surface area contributed by atoms with Gasteiger partial charge in [0.2, 0.25) is 15.9 Å². The van der Waals surface area contributed by atoms with Crippen molar-refractivity contribution in [2.45, 2.75) is 17.7 Å². The average Bonchev–Trinajstić information content (AvgIpc) is 3.23. The molecular weight excluding hydrogens is 427 g/mol. The van der Waals surface area contributed by atoms with E-state index in [-0.39, 0.29) is 17.3 Å². The van der Waals surface area contributed by atoms with Gasteiger partial charge in [0.15, 0.2) is 5.13 Å². The summed E-state index contributed by atoms with van der Waals surface area (Å²) in [5, 5.41) is 5.04. The van der Waals surface area contributed by atoms with E-state index in [1.165, 1.54) is 27.8 Å². The van der Waals surface area contributed by atoms with Crippen molar-refractivity contribution in [3.05, 3.63) is 59.9 Å². The Balaban J connectivity index is 1.44. The molecule has 1 aliphatic rings. The summed E-state index contributed by atoms with van der Waals surface area (Å²) < 4.78 is 40.1. The van der Waals surface area contributed by atoms with Crippen molar-refractivity contribution in [3.63, 3.8) is 0 Å². The zero-order chi connectivity index (χ0) is 21.1. The van der Waals surface area contributed by atoms with E-state index in [2.05, 4.69) is 15.3 Å². The lowest BCUT2D eigenvalue weighted by atomic mass is 9.99. The van der Waals surface area contributed by atoms with Gasteiger partial charge < -0.3 is 5.32 Å². The average molecular weight is 447 g/mol. The van der Waals surface area contributed by atoms with Crippen LogP contribution in [0.3, 0.4) is 0 Å². The van der Waals surface area contributed by atoms with Gasteiger partial charge in [-0.1, -0.05) is 6.07 Å². The molecule has 0 saturated carbocycles. The minimum atomic E-state index is -3.78. The van der Waals surface area contributed by atoms with Gasteiger partial charge in [0.1, 0.15) is 11.5 Å². The van der Waals surface area contributed by atoms with Crippen molar-refractivity contribution in [1.82, 2.24) is 14.3 Å². The zero-order valence-corrected chi connectivity index (χ0v) is 17.5. The molecule has 2 aromatic heterocycles. The topological polar surface area (TPSA) is 92.3 Å². The summed E-state index contributed by atoms with van der Waals surface area (Å²) in [6.45, 7) is 0.397. The van der Waals surface area contributed by atoms with Crippen molar-refractivity contribution in [1.29, 1.82) is 0 Å². The second kappa shape index (κ2) is 8.58. The van der Waals surface area contributed by atoms with E-state index in [4.69, 9.17) is 0 Å². The number of amides is 1. The Bertz CT molecular complexity index is 1130. The molecule has 4 rings (SSSR count). The van der Waals surface area contributed by atoms with Gasteiger partial charge in [-0.05, 0) is 49.2 Å². The summed E-state index contributed by atoms with van der Waals surface area (Å²) in [7, 11) is -3.78. The number of carbonyl (C=O) groups excluding carboxylic acids is 1. The highest BCUT2D eigenvalue weighted by Gasteiger charge is 2.33. The van der Waals surface area contributed by atoms with E-state index in [0.717, 1.165) is 12.1 Å². The van der Waals surface area contributed by atoms with E-state index in [1.807, 2.05) is 23.6 Å². The van der Waals surface area contributed by atoms with Crippen molar-refractivity contribution >= 4 is 32.4 Å². The maximum Gasteiger partial charge on any atom is 0.243 e. The van der Waals surface area contributed by atoms with Crippen molar-refractivity contribution in [2.75, 3.05) is 18.4 Å². The molecule has 1 saturated heterocycles. The first kappa shape index (κ1) is 20.6. The van der Waals surface area contributed by atoms with Gasteiger partial charge in [0, 0.05) is 24.7 Å². The number of hydrogen-bond donors (Lipinski definition) is 1. The Labute approximate surface area is 177 Å². The fourth-order valence-corrected chi connectivity index (χ4v) is 5.53. The molecule has 1 aliphatic heterocycles. The lowest BCUT2D eigenvalue weighted by molar-refractivity contribution is -0.120. The van der Waals surface area contributed by atoms with Crippen LogP contribution < -0.4 is 5.32 Å². The van der Waals surface area contributed by atoms with Gasteiger partial charge in [0.05, 0.1) is 16.5 Å². The molecule has 0 spiro atoms. The molecule has 1 atom stereocenters. The van der Waals surface area contributed by atoms with E-state index in [9.17, 15) is 17.6 Å². The molecule has 10 heteroatoms. The van der Waals surface area contributed by atoms with Gasteiger partial charge in [-0.25, -0.2) is 17.8 Å². The Morgan fingerprint density at radius 1 is 1.17 bits per heavy atom. The van der Waals surface area contributed by atoms with Crippen LogP contribution in [0.25, 0.3) is 11.4 Å². The number of halogens is 1. The first-order valence-electron chi connectivity index (χ1n) is 9.37. The van der Waals surface area contributed by atoms with Crippen LogP contribution in [0.2, 0.25) is 0 Å². The highest BCUT2D eigenvalue weighted by molar-refractivity contribution is 7.89. The van der Waals surface area contributed by atoms with Crippen LogP contribution in [0.1, 0.15) is 12.8 Å². The molecule has 156 valence electrons. The first-order chi connectivity index (χ1) is 14.4. The molecule has 3 aromatic rings. The molecule has 0 bridgehead atoms. The zero-order valence-electron chi connectivity index (χ0n) is 15.9. The number of pyridine rings is 1. The molecule has 0 radical (unpaired) electrons. The van der Waals surface area contributed by atoms with Crippen LogP contribution in [-0.4, -0.2) is 41.7 Å². The Morgan fingerprint density at radius 3 is 2.70 bits per heavy atom. The van der Waals surface area contributed by atoms with Crippen molar-refractivity contribution in [3.8, 4) is 11.4 Å². The summed E-state index contributed by atoms with van der Waals surface area (Å²) in [5.74, 6) is -1.26. The largest absolute Gasteiger partial charge is 0.302 e. The maximum atomic E-state index is 13.1. The third-order valence-electron chi connectivity index (χ3n) is 4.87. The molecule has 1 aromatic carbocycles. The van der Waals surface area contributed by atoms with E-state index >= 15 is 0 Å². The van der Waals surface area contributed by atoms with Crippen LogP contribution >= 0.6 is 11.3 Å². The number of nitrogens with one attached hydrogen (secondary N) is 1. The highest BCUT2D eigenvalue weighted by atomic mass is 32.2. The first-order valence-corrected chi connectivity index (χ1v) is 11.7. The predicted octanol–water partition coefficient (Wildman–Crippen LogP) is 3.38. The van der Waals surface area contributed by atoms with Crippen LogP contribution in [-0.2, 0) is 14.8 Å². The van der Waals surface area contributed by atoms with Gasteiger partial charge in [-0.2, -0.15) is 4.31 Å². The number of nitrogens with zero attached hydrogens (tertiary/aromatic N) is 3. The number of thiazole rings is 1. The minimum absolute atomic E-state index is 0.0184. The number of hydrogen-bond acceptors (Lipinski definition) is 6. The number of aromatic nitrogens is 2. The quantitative estimate of drug-likeness (QED) is 0.649. The summed E-state index contributed by atoms with van der Waals surface area (Å²) in [5.41, 5.74) is 1.38. The maximum absolute atomic E-state index is 13.1. The van der Waals surface area contributed by atoms with Gasteiger partial charge in [0.25, 0.3) is 0 Å². The van der Waals surface area contributed by atoms with Crippen LogP contribution in [0, 0.1) is 11.7 Å². The molecule has 7 nitrogen and oxygen atoms in total. The minimum Gasteiger partial charge on any atom is -0.302 e. The van der Waals surface area contributed by atoms with Crippen molar-refractivity contribution in [2.24, 2.45) is 5.92 Å². The third-order valence-corrected chi connectivity index (χ3v) is 7.51. The second-order valence-corrected chi connectivity index (χ2v) is 9.69. The van der Waals surface area contributed by atoms with E-state index in [1.54, 1.807) is 6.20 Å². The third kappa shape index (κ3) is 4.40. The number of sulfonamides is 1. The van der Waals surface area contributed by atoms with Crippen LogP contribution in [0.4, 0.5) is 9.52 Å². The SMILES string of the molecule is O=C(Nc1nc(-c2ccccn2)cs1)[C@H]1CCCN(S(=O)(=O)c2ccc(F)cc2)C1. The van der Waals surface area contributed by atoms with Gasteiger partial charge in [-0.15, -0.1) is 11.3 Å².